The van der Waals surface area contributed by atoms with Gasteiger partial charge in [0, 0.05) is 57.5 Å². The Kier molecular flexibility index (Phi) is 13.2. The lowest BCUT2D eigenvalue weighted by Gasteiger charge is -2.48. The Labute approximate surface area is 366 Å². The number of morpholine rings is 1. The summed E-state index contributed by atoms with van der Waals surface area (Å²) in [6.07, 6.45) is 2.23. The number of carbonyl (C=O) groups excluding carboxylic acids is 4. The van der Waals surface area contributed by atoms with Gasteiger partial charge in [0.1, 0.15) is 23.7 Å². The molecule has 0 radical (unpaired) electrons. The summed E-state index contributed by atoms with van der Waals surface area (Å²) in [7, 11) is 0. The van der Waals surface area contributed by atoms with E-state index in [1.165, 1.54) is 4.90 Å². The van der Waals surface area contributed by atoms with Gasteiger partial charge in [-0.05, 0) is 61.4 Å². The highest BCUT2D eigenvalue weighted by Gasteiger charge is 2.45. The second kappa shape index (κ2) is 18.4. The van der Waals surface area contributed by atoms with Crippen LogP contribution < -0.4 is 27.2 Å². The van der Waals surface area contributed by atoms with E-state index in [0.29, 0.717) is 62.7 Å². The Morgan fingerprint density at radius 1 is 1.03 bits per heavy atom. The lowest BCUT2D eigenvalue weighted by molar-refractivity contribution is -0.159. The van der Waals surface area contributed by atoms with Crippen LogP contribution in [0, 0.1) is 12.3 Å². The fraction of sp³-hybridized carbons (Fsp3) is 0.489. The molecule has 3 saturated heterocycles. The molecule has 1 unspecified atom stereocenters. The number of hydrogen-bond donors (Lipinski definition) is 7. The van der Waals surface area contributed by atoms with Gasteiger partial charge in [-0.1, -0.05) is 57.2 Å². The number of hydrazine groups is 1. The van der Waals surface area contributed by atoms with Gasteiger partial charge in [0.25, 0.3) is 0 Å². The van der Waals surface area contributed by atoms with Crippen molar-refractivity contribution in [3.05, 3.63) is 88.5 Å². The van der Waals surface area contributed by atoms with Gasteiger partial charge in [0.05, 0.1) is 51.8 Å². The van der Waals surface area contributed by atoms with Crippen LogP contribution in [-0.2, 0) is 23.9 Å². The molecule has 4 amide bonds. The number of rotatable bonds is 11. The van der Waals surface area contributed by atoms with E-state index in [2.05, 4.69) is 31.4 Å². The number of thiazole rings is 1. The third-order valence-corrected chi connectivity index (χ3v) is 13.3. The molecule has 62 heavy (non-hydrogen) atoms. The SMILES string of the molecule is Cc1ncsc1-c1ccc([C@H](C)NC(=O)[C@@H]2CC(O)CN2C(=O)[C@@H](NC(=O)CCC(=O)N2CCOC3(CCN(C4=C(N)NNC(c5ccccc5O)=C4)CC3)C2)C(C)(C)C)cc1. The number of nitrogens with one attached hydrogen (secondary N) is 4. The van der Waals surface area contributed by atoms with Gasteiger partial charge < -0.3 is 46.0 Å². The maximum atomic E-state index is 14.2. The number of likely N-dealkylation sites (tertiary alicyclic amines) is 2. The molecule has 1 aromatic heterocycles. The van der Waals surface area contributed by atoms with Gasteiger partial charge in [0.15, 0.2) is 0 Å². The molecule has 16 nitrogen and oxygen atoms in total. The maximum Gasteiger partial charge on any atom is 0.246 e. The first-order chi connectivity index (χ1) is 29.5. The van der Waals surface area contributed by atoms with Crippen molar-refractivity contribution < 1.29 is 34.1 Å². The van der Waals surface area contributed by atoms with Gasteiger partial charge in [-0.15, -0.1) is 11.3 Å². The average Bonchev–Trinajstić information content (AvgIpc) is 3.87. The number of aliphatic hydroxyl groups excluding tert-OH is 1. The number of β-amino-alcohol motifs (C(OH)–C–C–N with tert-alkyl or cyclic N) is 1. The van der Waals surface area contributed by atoms with Crippen LogP contribution in [0.5, 0.6) is 5.75 Å². The molecule has 4 atom stereocenters. The standard InChI is InChI=1S/C45H59N9O7S/c1-27(29-10-12-30(13-11-29)39-28(2)47-26-62-39)48-42(59)35-22-31(55)24-54(35)43(60)40(44(3,4)5)49-37(57)14-15-38(58)53-20-21-61-45(25-53)16-18-52(19-17-45)34-23-33(50-51-41(34)46)32-8-6-7-9-36(32)56/h6-13,23,26-27,31,35,40,50-51,55-56H,14-22,24-25,46H2,1-5H3,(H,48,59)(H,49,57)/t27-,31?,35-,40+/m0/s1. The van der Waals surface area contributed by atoms with Crippen molar-refractivity contribution in [1.29, 1.82) is 0 Å². The number of nitrogens with two attached hydrogens (primary N) is 1. The summed E-state index contributed by atoms with van der Waals surface area (Å²) in [6, 6.07) is 12.7. The van der Waals surface area contributed by atoms with E-state index in [-0.39, 0.29) is 49.4 Å². The highest BCUT2D eigenvalue weighted by Crippen LogP contribution is 2.35. The summed E-state index contributed by atoms with van der Waals surface area (Å²) in [5, 5.41) is 27.0. The maximum absolute atomic E-state index is 14.2. The molecule has 3 fully saturated rings. The normalized spacial score (nSPS) is 21.1. The average molecular weight is 870 g/mol. The van der Waals surface area contributed by atoms with Crippen LogP contribution in [0.2, 0.25) is 0 Å². The predicted molar refractivity (Wildman–Crippen MR) is 235 cm³/mol. The summed E-state index contributed by atoms with van der Waals surface area (Å²) in [5.41, 5.74) is 18.0. The minimum atomic E-state index is -1.01. The number of piperidine rings is 1. The first-order valence-corrected chi connectivity index (χ1v) is 22.2. The minimum absolute atomic E-state index is 0.0409. The number of ether oxygens (including phenoxy) is 1. The van der Waals surface area contributed by atoms with Gasteiger partial charge in [-0.2, -0.15) is 0 Å². The van der Waals surface area contributed by atoms with Crippen LogP contribution in [0.4, 0.5) is 0 Å². The van der Waals surface area contributed by atoms with E-state index in [0.717, 1.165) is 27.4 Å². The number of hydrogen-bond acceptors (Lipinski definition) is 13. The van der Waals surface area contributed by atoms with Crippen molar-refractivity contribution in [1.82, 2.24) is 41.2 Å². The van der Waals surface area contributed by atoms with Crippen molar-refractivity contribution in [2.45, 2.75) is 96.6 Å². The number of aliphatic hydroxyl groups is 1. The van der Waals surface area contributed by atoms with Crippen molar-refractivity contribution in [3.63, 3.8) is 0 Å². The van der Waals surface area contributed by atoms with Crippen LogP contribution in [0.25, 0.3) is 16.1 Å². The largest absolute Gasteiger partial charge is 0.507 e. The lowest BCUT2D eigenvalue weighted by Crippen LogP contribution is -2.58. The van der Waals surface area contributed by atoms with Crippen molar-refractivity contribution in [2.75, 3.05) is 39.3 Å². The summed E-state index contributed by atoms with van der Waals surface area (Å²) in [5.74, 6) is -0.861. The summed E-state index contributed by atoms with van der Waals surface area (Å²) in [4.78, 5) is 65.7. The summed E-state index contributed by atoms with van der Waals surface area (Å²) < 4.78 is 6.33. The molecular formula is C45H59N9O7S. The van der Waals surface area contributed by atoms with Crippen LogP contribution in [0.1, 0.15) is 82.7 Å². The van der Waals surface area contributed by atoms with E-state index in [4.69, 9.17) is 10.5 Å². The number of phenolic OH excluding ortho intramolecular Hbond substituents is 1. The molecule has 4 aliphatic rings. The molecule has 8 N–H and O–H groups in total. The molecule has 332 valence electrons. The molecule has 17 heteroatoms. The van der Waals surface area contributed by atoms with Crippen molar-refractivity contribution in [3.8, 4) is 16.2 Å². The third-order valence-electron chi connectivity index (χ3n) is 12.3. The van der Waals surface area contributed by atoms with Gasteiger partial charge >= 0.3 is 0 Å². The Morgan fingerprint density at radius 2 is 1.76 bits per heavy atom. The van der Waals surface area contributed by atoms with E-state index in [1.54, 1.807) is 28.4 Å². The second-order valence-corrected chi connectivity index (χ2v) is 18.7. The van der Waals surface area contributed by atoms with Gasteiger partial charge in [-0.25, -0.2) is 4.98 Å². The Balaban J connectivity index is 0.916. The molecule has 7 rings (SSSR count). The Hall–Kier alpha value is -5.65. The monoisotopic (exact) mass is 869 g/mol. The topological polar surface area (TPSA) is 215 Å². The van der Waals surface area contributed by atoms with Gasteiger partial charge in [-0.3, -0.25) is 30.0 Å². The number of benzene rings is 2. The molecule has 1 spiro atoms. The molecule has 2 aromatic carbocycles. The number of aromatic hydroxyl groups is 1. The van der Waals surface area contributed by atoms with Crippen molar-refractivity contribution >= 4 is 40.7 Å². The summed E-state index contributed by atoms with van der Waals surface area (Å²) >= 11 is 1.57. The van der Waals surface area contributed by atoms with Crippen LogP contribution in [0.3, 0.4) is 0 Å². The van der Waals surface area contributed by atoms with Gasteiger partial charge in [0.2, 0.25) is 23.6 Å². The molecule has 4 aliphatic heterocycles. The molecule has 0 saturated carbocycles. The molecule has 5 heterocycles. The van der Waals surface area contributed by atoms with E-state index < -0.39 is 41.0 Å². The summed E-state index contributed by atoms with van der Waals surface area (Å²) in [6.45, 7) is 11.7. The molecule has 0 bridgehead atoms. The fourth-order valence-corrected chi connectivity index (χ4v) is 9.51. The molecule has 0 aliphatic carbocycles. The number of allylic oxidation sites excluding steroid dienone is 1. The molecular weight excluding hydrogens is 811 g/mol. The second-order valence-electron chi connectivity index (χ2n) is 17.8. The van der Waals surface area contributed by atoms with Crippen molar-refractivity contribution in [2.24, 2.45) is 11.1 Å². The fourth-order valence-electron chi connectivity index (χ4n) is 8.70. The third kappa shape index (κ3) is 9.85. The van der Waals surface area contributed by atoms with Crippen LogP contribution in [0.15, 0.2) is 71.6 Å². The predicted octanol–water partition coefficient (Wildman–Crippen LogP) is 3.24. The number of carbonyl (C=O) groups is 4. The minimum Gasteiger partial charge on any atom is -0.507 e. The van der Waals surface area contributed by atoms with E-state index in [9.17, 15) is 29.4 Å². The Bertz CT molecular complexity index is 2210. The highest BCUT2D eigenvalue weighted by molar-refractivity contribution is 7.13. The van der Waals surface area contributed by atoms with Crippen LogP contribution >= 0.6 is 11.3 Å². The zero-order valence-electron chi connectivity index (χ0n) is 36.1. The quantitative estimate of drug-likeness (QED) is 0.148. The van der Waals surface area contributed by atoms with E-state index in [1.807, 2.05) is 82.6 Å². The first-order valence-electron chi connectivity index (χ1n) is 21.3. The number of amides is 4. The highest BCUT2D eigenvalue weighted by atomic mass is 32.1. The Morgan fingerprint density at radius 3 is 2.44 bits per heavy atom. The number of phenols is 1. The van der Waals surface area contributed by atoms with Crippen LogP contribution in [-0.4, -0.2) is 117 Å². The number of aryl methyl sites for hydroxylation is 1. The number of para-hydroxylation sites is 1. The zero-order valence-corrected chi connectivity index (χ0v) is 36.9. The van der Waals surface area contributed by atoms with E-state index >= 15 is 0 Å². The number of aromatic nitrogens is 1. The number of nitrogens with zero attached hydrogens (tertiary/aromatic N) is 4. The zero-order chi connectivity index (χ0) is 44.3. The first kappa shape index (κ1) is 44.4. The lowest BCUT2D eigenvalue weighted by atomic mass is 9.85. The molecule has 3 aromatic rings. The smallest absolute Gasteiger partial charge is 0.246 e.